The average molecular weight is 397 g/mol. The van der Waals surface area contributed by atoms with E-state index in [2.05, 4.69) is 25.6 Å². The van der Waals surface area contributed by atoms with Crippen molar-refractivity contribution in [1.29, 1.82) is 0 Å². The Balaban J connectivity index is 1.50. The van der Waals surface area contributed by atoms with E-state index in [4.69, 9.17) is 10.6 Å². The summed E-state index contributed by atoms with van der Waals surface area (Å²) in [5.74, 6) is -0.428. The highest BCUT2D eigenvalue weighted by Gasteiger charge is 2.15. The summed E-state index contributed by atoms with van der Waals surface area (Å²) < 4.78 is 0. The fourth-order valence-corrected chi connectivity index (χ4v) is 3.08. The molecule has 2 aromatic heterocycles. The Labute approximate surface area is 170 Å². The maximum absolute atomic E-state index is 11.9. The molecule has 0 aliphatic rings. The molecule has 5 rings (SSSR count). The fraction of sp³-hybridized carbons (Fsp3) is 0. The largest absolute Gasteiger partial charge is 0.365 e. The molecule has 0 spiro atoms. The number of nitrogens with zero attached hydrogens (tertiary/aromatic N) is 5. The number of anilines is 2. The molecule has 30 heavy (non-hydrogen) atoms. The van der Waals surface area contributed by atoms with Crippen molar-refractivity contribution in [2.75, 3.05) is 5.32 Å². The van der Waals surface area contributed by atoms with Crippen LogP contribution in [0.25, 0.3) is 21.8 Å². The predicted molar refractivity (Wildman–Crippen MR) is 111 cm³/mol. The maximum atomic E-state index is 11.9. The van der Waals surface area contributed by atoms with Crippen molar-refractivity contribution < 1.29 is 9.63 Å². The Bertz CT molecular complexity index is 1400. The maximum Gasteiger partial charge on any atom is 0.347 e. The number of hydrogen-bond donors (Lipinski definition) is 2. The van der Waals surface area contributed by atoms with Gasteiger partial charge in [-0.25, -0.2) is 4.98 Å². The van der Waals surface area contributed by atoms with E-state index in [1.54, 1.807) is 6.07 Å². The first-order valence-electron chi connectivity index (χ1n) is 9.09. The Morgan fingerprint density at radius 1 is 1.00 bits per heavy atom. The van der Waals surface area contributed by atoms with Crippen molar-refractivity contribution in [3.63, 3.8) is 0 Å². The van der Waals surface area contributed by atoms with Gasteiger partial charge < -0.3 is 15.9 Å². The third-order valence-electron chi connectivity index (χ3n) is 4.53. The highest BCUT2D eigenvalue weighted by molar-refractivity contribution is 5.98. The molecule has 1 amide bonds. The fourth-order valence-electron chi connectivity index (χ4n) is 3.08. The number of carbonyl (C=O) groups excluding carboxylic acids is 1. The highest BCUT2D eigenvalue weighted by Crippen LogP contribution is 2.24. The van der Waals surface area contributed by atoms with Crippen LogP contribution in [0.5, 0.6) is 6.01 Å². The van der Waals surface area contributed by atoms with E-state index in [1.165, 1.54) is 11.0 Å². The van der Waals surface area contributed by atoms with Gasteiger partial charge in [0.2, 0.25) is 0 Å². The van der Waals surface area contributed by atoms with Crippen LogP contribution in [-0.2, 0) is 0 Å². The summed E-state index contributed by atoms with van der Waals surface area (Å²) in [5.41, 5.74) is 7.70. The molecule has 0 aliphatic heterocycles. The van der Waals surface area contributed by atoms with E-state index in [0.717, 1.165) is 16.5 Å². The molecule has 146 valence electrons. The Morgan fingerprint density at radius 3 is 2.67 bits per heavy atom. The number of para-hydroxylation sites is 1. The molecule has 0 atom stereocenters. The van der Waals surface area contributed by atoms with Crippen LogP contribution < -0.4 is 15.9 Å². The lowest BCUT2D eigenvalue weighted by Crippen LogP contribution is -2.16. The summed E-state index contributed by atoms with van der Waals surface area (Å²) in [7, 11) is 0. The van der Waals surface area contributed by atoms with E-state index >= 15 is 0 Å². The molecule has 0 bridgehead atoms. The second-order valence-electron chi connectivity index (χ2n) is 6.51. The molecule has 2 heterocycles. The SMILES string of the molecule is NC(=O)c1cnc(On2nnc3ccccc32)nc1Nc1ccc2ccccc2c1. The molecule has 0 unspecified atom stereocenters. The number of nitrogens with two attached hydrogens (primary N) is 1. The van der Waals surface area contributed by atoms with E-state index < -0.39 is 5.91 Å². The molecule has 0 saturated carbocycles. The van der Waals surface area contributed by atoms with E-state index in [9.17, 15) is 4.79 Å². The Hall–Kier alpha value is -4.53. The summed E-state index contributed by atoms with van der Waals surface area (Å²) >= 11 is 0. The smallest absolute Gasteiger partial charge is 0.347 e. The zero-order valence-electron chi connectivity index (χ0n) is 15.6. The minimum Gasteiger partial charge on any atom is -0.365 e. The zero-order valence-corrected chi connectivity index (χ0v) is 15.6. The number of rotatable bonds is 5. The normalized spacial score (nSPS) is 10.9. The van der Waals surface area contributed by atoms with Gasteiger partial charge in [0, 0.05) is 11.9 Å². The lowest BCUT2D eigenvalue weighted by atomic mass is 10.1. The average Bonchev–Trinajstić information content (AvgIpc) is 3.16. The second-order valence-corrected chi connectivity index (χ2v) is 6.51. The van der Waals surface area contributed by atoms with Crippen molar-refractivity contribution >= 4 is 39.2 Å². The molecule has 5 aromatic rings. The zero-order chi connectivity index (χ0) is 20.5. The first-order valence-corrected chi connectivity index (χ1v) is 9.09. The van der Waals surface area contributed by atoms with Gasteiger partial charge in [0.05, 0.1) is 0 Å². The molecule has 9 heteroatoms. The standard InChI is InChI=1S/C21H15N7O2/c22-19(29)16-12-23-21(30-28-18-8-4-3-7-17(18)26-27-28)25-20(16)24-15-10-9-13-5-1-2-6-14(13)11-15/h1-12H,(H2,22,29)(H,23,24,25). The third kappa shape index (κ3) is 3.24. The van der Waals surface area contributed by atoms with Gasteiger partial charge in [-0.2, -0.15) is 4.98 Å². The van der Waals surface area contributed by atoms with Gasteiger partial charge in [-0.15, -0.1) is 5.10 Å². The van der Waals surface area contributed by atoms with Crippen LogP contribution in [0.4, 0.5) is 11.5 Å². The van der Waals surface area contributed by atoms with Crippen LogP contribution in [0.15, 0.2) is 72.9 Å². The molecule has 9 nitrogen and oxygen atoms in total. The van der Waals surface area contributed by atoms with E-state index in [0.29, 0.717) is 11.0 Å². The van der Waals surface area contributed by atoms with Crippen LogP contribution in [0.2, 0.25) is 0 Å². The first-order chi connectivity index (χ1) is 14.7. The van der Waals surface area contributed by atoms with E-state index in [1.807, 2.05) is 60.7 Å². The first kappa shape index (κ1) is 17.6. The van der Waals surface area contributed by atoms with Gasteiger partial charge in [0.25, 0.3) is 5.91 Å². The summed E-state index contributed by atoms with van der Waals surface area (Å²) in [6.45, 7) is 0. The van der Waals surface area contributed by atoms with Gasteiger partial charge in [-0.3, -0.25) is 4.79 Å². The number of carbonyl (C=O) groups is 1. The molecule has 0 fully saturated rings. The van der Waals surface area contributed by atoms with Crippen molar-refractivity contribution in [2.24, 2.45) is 5.73 Å². The number of fused-ring (bicyclic) bond motifs is 2. The van der Waals surface area contributed by atoms with Crippen LogP contribution in [0, 0.1) is 0 Å². The molecule has 0 radical (unpaired) electrons. The molecular formula is C21H15N7O2. The summed E-state index contributed by atoms with van der Waals surface area (Å²) in [6.07, 6.45) is 1.31. The number of primary amides is 1. The molecule has 3 aromatic carbocycles. The van der Waals surface area contributed by atoms with Crippen LogP contribution in [0.3, 0.4) is 0 Å². The van der Waals surface area contributed by atoms with Gasteiger partial charge >= 0.3 is 6.01 Å². The molecular weight excluding hydrogens is 382 g/mol. The number of aromatic nitrogens is 5. The summed E-state index contributed by atoms with van der Waals surface area (Å²) in [4.78, 5) is 27.1. The Morgan fingerprint density at radius 2 is 1.80 bits per heavy atom. The topological polar surface area (TPSA) is 121 Å². The van der Waals surface area contributed by atoms with Crippen LogP contribution >= 0.6 is 0 Å². The number of nitrogens with one attached hydrogen (secondary N) is 1. The van der Waals surface area contributed by atoms with Crippen LogP contribution in [-0.4, -0.2) is 31.0 Å². The van der Waals surface area contributed by atoms with Gasteiger partial charge in [0.15, 0.2) is 5.82 Å². The second kappa shape index (κ2) is 7.13. The van der Waals surface area contributed by atoms with Crippen molar-refractivity contribution in [2.45, 2.75) is 0 Å². The van der Waals surface area contributed by atoms with Crippen LogP contribution in [0.1, 0.15) is 10.4 Å². The lowest BCUT2D eigenvalue weighted by molar-refractivity contribution is 0.1000. The molecule has 3 N–H and O–H groups in total. The van der Waals surface area contributed by atoms with Crippen molar-refractivity contribution in [3.8, 4) is 6.01 Å². The monoisotopic (exact) mass is 397 g/mol. The van der Waals surface area contributed by atoms with E-state index in [-0.39, 0.29) is 17.4 Å². The highest BCUT2D eigenvalue weighted by atomic mass is 16.7. The summed E-state index contributed by atoms with van der Waals surface area (Å²) in [6, 6.07) is 21.1. The third-order valence-corrected chi connectivity index (χ3v) is 4.53. The van der Waals surface area contributed by atoms with Crippen molar-refractivity contribution in [1.82, 2.24) is 25.1 Å². The Kier molecular flexibility index (Phi) is 4.18. The number of hydrogen-bond acceptors (Lipinski definition) is 7. The molecule has 0 saturated heterocycles. The minimum atomic E-state index is -0.656. The predicted octanol–water partition coefficient (Wildman–Crippen LogP) is 3.06. The van der Waals surface area contributed by atoms with Gasteiger partial charge in [0.1, 0.15) is 16.6 Å². The van der Waals surface area contributed by atoms with Gasteiger partial charge in [-0.1, -0.05) is 47.3 Å². The number of benzene rings is 3. The quantitative estimate of drug-likeness (QED) is 0.467. The molecule has 0 aliphatic carbocycles. The van der Waals surface area contributed by atoms with Crippen molar-refractivity contribution in [3.05, 3.63) is 78.5 Å². The van der Waals surface area contributed by atoms with Gasteiger partial charge in [-0.05, 0) is 40.3 Å². The number of amides is 1. The summed E-state index contributed by atoms with van der Waals surface area (Å²) in [5, 5.41) is 13.2. The minimum absolute atomic E-state index is 0.0149. The lowest BCUT2D eigenvalue weighted by Gasteiger charge is -2.11.